The molecule has 0 saturated carbocycles. The molecule has 3 N–H and O–H groups in total. The van der Waals surface area contributed by atoms with Gasteiger partial charge in [-0.05, 0) is 18.2 Å². The normalized spacial score (nSPS) is 15.8. The number of rotatable bonds is 3. The second-order valence-corrected chi connectivity index (χ2v) is 6.40. The predicted octanol–water partition coefficient (Wildman–Crippen LogP) is -0.951. The van der Waals surface area contributed by atoms with Crippen molar-refractivity contribution in [2.75, 3.05) is 33.2 Å². The summed E-state index contributed by atoms with van der Waals surface area (Å²) in [6.07, 6.45) is 1.29. The lowest BCUT2D eigenvalue weighted by Crippen LogP contribution is -3.11. The highest BCUT2D eigenvalue weighted by Crippen LogP contribution is 2.18. The summed E-state index contributed by atoms with van der Waals surface area (Å²) in [5, 5.41) is 17.0. The number of piperazine rings is 1. The van der Waals surface area contributed by atoms with Crippen molar-refractivity contribution in [3.8, 4) is 11.6 Å². The molecule has 1 aliphatic heterocycles. The molecule has 132 valence electrons. The van der Waals surface area contributed by atoms with Gasteiger partial charge in [0.05, 0.1) is 45.1 Å². The Hall–Kier alpha value is -2.58. The van der Waals surface area contributed by atoms with Gasteiger partial charge in [-0.15, -0.1) is 0 Å². The molecule has 25 heavy (non-hydrogen) atoms. The highest BCUT2D eigenvalue weighted by atomic mass is 35.5. The molecule has 9 heteroatoms. The molecule has 2 aromatic rings. The topological polar surface area (TPSA) is 95.1 Å². The minimum Gasteiger partial charge on any atom is -0.493 e. The molecule has 0 atom stereocenters. The van der Waals surface area contributed by atoms with Crippen LogP contribution in [0.15, 0.2) is 39.0 Å². The molecule has 8 nitrogen and oxygen atoms in total. The highest BCUT2D eigenvalue weighted by Gasteiger charge is 2.17. The Morgan fingerprint density at radius 3 is 2.72 bits per heavy atom. The van der Waals surface area contributed by atoms with E-state index in [1.54, 1.807) is 18.2 Å². The smallest absolute Gasteiger partial charge is 0.335 e. The Bertz CT molecular complexity index is 913. The lowest BCUT2D eigenvalue weighted by Gasteiger charge is -2.27. The van der Waals surface area contributed by atoms with Crippen LogP contribution in [-0.4, -0.2) is 59.1 Å². The van der Waals surface area contributed by atoms with E-state index < -0.39 is 17.1 Å². The largest absolute Gasteiger partial charge is 0.493 e. The Morgan fingerprint density at radius 1 is 1.32 bits per heavy atom. The molecule has 0 spiro atoms. The Kier molecular flexibility index (Phi) is 4.91. The molecule has 0 bridgehead atoms. The van der Waals surface area contributed by atoms with Crippen LogP contribution in [0.3, 0.4) is 0 Å². The summed E-state index contributed by atoms with van der Waals surface area (Å²) in [7, 11) is 2.11. The van der Waals surface area contributed by atoms with Gasteiger partial charge >= 0.3 is 5.69 Å². The highest BCUT2D eigenvalue weighted by molar-refractivity contribution is 6.30. The van der Waals surface area contributed by atoms with Gasteiger partial charge in [-0.2, -0.15) is 5.10 Å². The number of quaternary nitrogens is 1. The van der Waals surface area contributed by atoms with E-state index in [4.69, 9.17) is 11.6 Å². The molecule has 0 amide bonds. The van der Waals surface area contributed by atoms with Crippen LogP contribution >= 0.6 is 11.6 Å². The Morgan fingerprint density at radius 2 is 2.04 bits per heavy atom. The quantitative estimate of drug-likeness (QED) is 0.612. The summed E-state index contributed by atoms with van der Waals surface area (Å²) in [5.74, 6) is -0.473. The molecule has 0 unspecified atom stereocenters. The van der Waals surface area contributed by atoms with E-state index >= 15 is 0 Å². The lowest BCUT2D eigenvalue weighted by atomic mass is 10.3. The van der Waals surface area contributed by atoms with Crippen LogP contribution in [0.2, 0.25) is 5.02 Å². The SMILES string of the molecule is C[NH+]1CCN(/N=C/c2c(O)n(-c3cccc(Cl)c3)c(=O)[nH]c2=O)CC1. The van der Waals surface area contributed by atoms with Crippen molar-refractivity contribution < 1.29 is 10.0 Å². The number of halogens is 1. The zero-order valence-corrected chi connectivity index (χ0v) is 14.5. The van der Waals surface area contributed by atoms with Gasteiger partial charge < -0.3 is 10.0 Å². The van der Waals surface area contributed by atoms with Crippen molar-refractivity contribution in [1.29, 1.82) is 0 Å². The molecular formula is C16H19ClN5O3+. The van der Waals surface area contributed by atoms with Gasteiger partial charge in [0.1, 0.15) is 5.56 Å². The van der Waals surface area contributed by atoms with Crippen molar-refractivity contribution in [2.24, 2.45) is 5.10 Å². The maximum Gasteiger partial charge on any atom is 0.335 e. The first-order chi connectivity index (χ1) is 12.0. The molecule has 2 heterocycles. The minimum absolute atomic E-state index is 0.0779. The number of hydrogen-bond acceptors (Lipinski definition) is 5. The van der Waals surface area contributed by atoms with Crippen LogP contribution in [0, 0.1) is 0 Å². The second-order valence-electron chi connectivity index (χ2n) is 5.97. The van der Waals surface area contributed by atoms with Gasteiger partial charge in [0.2, 0.25) is 5.88 Å². The third kappa shape index (κ3) is 3.75. The maximum absolute atomic E-state index is 12.1. The summed E-state index contributed by atoms with van der Waals surface area (Å²) in [6.45, 7) is 3.41. The fraction of sp³-hybridized carbons (Fsp3) is 0.312. The standard InChI is InChI=1S/C16H18ClN5O3/c1-20-5-7-21(8-6-20)18-10-13-14(23)19-16(25)22(15(13)24)12-4-2-3-11(17)9-12/h2-4,9-10,24H,5-8H2,1H3,(H,19,23,25)/p+1/b18-10+. The number of H-pyrrole nitrogens is 1. The molecule has 0 aliphatic carbocycles. The zero-order valence-electron chi connectivity index (χ0n) is 13.7. The molecule has 0 radical (unpaired) electrons. The summed E-state index contributed by atoms with van der Waals surface area (Å²) in [5.41, 5.74) is -1.16. The van der Waals surface area contributed by atoms with Gasteiger partial charge in [-0.25, -0.2) is 9.36 Å². The summed E-state index contributed by atoms with van der Waals surface area (Å²) >= 11 is 5.94. The van der Waals surface area contributed by atoms with Crippen molar-refractivity contribution in [2.45, 2.75) is 0 Å². The van der Waals surface area contributed by atoms with E-state index in [0.29, 0.717) is 10.7 Å². The fourth-order valence-corrected chi connectivity index (χ4v) is 2.83. The average molecular weight is 365 g/mol. The van der Waals surface area contributed by atoms with Gasteiger partial charge in [0, 0.05) is 5.02 Å². The van der Waals surface area contributed by atoms with Crippen LogP contribution in [0.4, 0.5) is 0 Å². The van der Waals surface area contributed by atoms with Crippen molar-refractivity contribution in [3.63, 3.8) is 0 Å². The molecular weight excluding hydrogens is 346 g/mol. The van der Waals surface area contributed by atoms with Crippen LogP contribution in [0.25, 0.3) is 5.69 Å². The number of aromatic amines is 1. The monoisotopic (exact) mass is 364 g/mol. The number of nitrogens with zero attached hydrogens (tertiary/aromatic N) is 3. The summed E-state index contributed by atoms with van der Waals surface area (Å²) < 4.78 is 0.989. The Balaban J connectivity index is 1.99. The van der Waals surface area contributed by atoms with Crippen LogP contribution in [0.5, 0.6) is 5.88 Å². The van der Waals surface area contributed by atoms with E-state index in [-0.39, 0.29) is 5.56 Å². The first-order valence-corrected chi connectivity index (χ1v) is 8.28. The van der Waals surface area contributed by atoms with Gasteiger partial charge in [-0.1, -0.05) is 17.7 Å². The first kappa shape index (κ1) is 17.2. The van der Waals surface area contributed by atoms with Gasteiger partial charge in [0.25, 0.3) is 5.56 Å². The molecule has 1 aromatic heterocycles. The predicted molar refractivity (Wildman–Crippen MR) is 95.1 cm³/mol. The molecule has 1 aliphatic rings. The van der Waals surface area contributed by atoms with Crippen molar-refractivity contribution in [3.05, 3.63) is 55.7 Å². The van der Waals surface area contributed by atoms with Crippen molar-refractivity contribution in [1.82, 2.24) is 14.6 Å². The van der Waals surface area contributed by atoms with Crippen LogP contribution < -0.4 is 16.1 Å². The average Bonchev–Trinajstić information content (AvgIpc) is 2.56. The first-order valence-electron chi connectivity index (χ1n) is 7.90. The Labute approximate surface area is 148 Å². The van der Waals surface area contributed by atoms with Crippen LogP contribution in [0.1, 0.15) is 5.56 Å². The van der Waals surface area contributed by atoms with E-state index in [0.717, 1.165) is 30.7 Å². The van der Waals surface area contributed by atoms with Crippen LogP contribution in [-0.2, 0) is 0 Å². The number of hydrogen-bond donors (Lipinski definition) is 3. The summed E-state index contributed by atoms with van der Waals surface area (Å²) in [6, 6.07) is 6.42. The lowest BCUT2D eigenvalue weighted by molar-refractivity contribution is -0.884. The van der Waals surface area contributed by atoms with E-state index in [1.807, 2.05) is 5.01 Å². The minimum atomic E-state index is -0.745. The number of likely N-dealkylation sites (N-methyl/N-ethyl adjacent to an activating group) is 1. The third-order valence-electron chi connectivity index (χ3n) is 4.13. The number of aromatic nitrogens is 2. The number of nitrogens with one attached hydrogen (secondary N) is 2. The summed E-state index contributed by atoms with van der Waals surface area (Å²) in [4.78, 5) is 27.8. The van der Waals surface area contributed by atoms with Gasteiger partial charge in [-0.3, -0.25) is 14.8 Å². The maximum atomic E-state index is 12.1. The molecule has 1 aromatic carbocycles. The fourth-order valence-electron chi connectivity index (χ4n) is 2.64. The number of aromatic hydroxyl groups is 1. The van der Waals surface area contributed by atoms with Gasteiger partial charge in [0.15, 0.2) is 0 Å². The van der Waals surface area contributed by atoms with E-state index in [1.165, 1.54) is 17.2 Å². The molecule has 1 fully saturated rings. The number of hydrazone groups is 1. The van der Waals surface area contributed by atoms with E-state index in [9.17, 15) is 14.7 Å². The molecule has 3 rings (SSSR count). The zero-order chi connectivity index (χ0) is 18.0. The number of benzene rings is 1. The third-order valence-corrected chi connectivity index (χ3v) is 4.37. The molecule has 1 saturated heterocycles. The van der Waals surface area contributed by atoms with E-state index in [2.05, 4.69) is 17.1 Å². The van der Waals surface area contributed by atoms with Crippen molar-refractivity contribution >= 4 is 17.8 Å². The second kappa shape index (κ2) is 7.12.